The predicted molar refractivity (Wildman–Crippen MR) is 65.3 cm³/mol. The van der Waals surface area contributed by atoms with Gasteiger partial charge in [-0.15, -0.1) is 0 Å². The van der Waals surface area contributed by atoms with Crippen molar-refractivity contribution in [2.75, 3.05) is 6.54 Å². The van der Waals surface area contributed by atoms with Gasteiger partial charge in [0.25, 0.3) is 0 Å². The van der Waals surface area contributed by atoms with Crippen LogP contribution in [0.25, 0.3) is 0 Å². The first kappa shape index (κ1) is 14.1. The van der Waals surface area contributed by atoms with Gasteiger partial charge in [-0.25, -0.2) is 9.59 Å². The lowest BCUT2D eigenvalue weighted by Gasteiger charge is -2.13. The summed E-state index contributed by atoms with van der Waals surface area (Å²) in [7, 11) is 0. The van der Waals surface area contributed by atoms with Crippen LogP contribution < -0.4 is 10.6 Å². The molecule has 0 bridgehead atoms. The average Bonchev–Trinajstić information content (AvgIpc) is 2.81. The van der Waals surface area contributed by atoms with E-state index in [2.05, 4.69) is 10.6 Å². The fourth-order valence-electron chi connectivity index (χ4n) is 1.51. The van der Waals surface area contributed by atoms with Gasteiger partial charge in [0.1, 0.15) is 11.8 Å². The first-order valence-corrected chi connectivity index (χ1v) is 5.93. The Morgan fingerprint density at radius 3 is 2.83 bits per heavy atom. The highest BCUT2D eigenvalue weighted by Crippen LogP contribution is 2.00. The SMILES string of the molecule is CCCC(NC(=O)NCCc1ccco1)C(=O)O. The highest BCUT2D eigenvalue weighted by atomic mass is 16.4. The van der Waals surface area contributed by atoms with E-state index in [0.29, 0.717) is 25.8 Å². The van der Waals surface area contributed by atoms with Gasteiger partial charge in [-0.1, -0.05) is 13.3 Å². The Bertz CT molecular complexity index is 375. The summed E-state index contributed by atoms with van der Waals surface area (Å²) < 4.78 is 5.11. The number of aliphatic carboxylic acids is 1. The first-order valence-electron chi connectivity index (χ1n) is 5.93. The number of carbonyl (C=O) groups excluding carboxylic acids is 1. The van der Waals surface area contributed by atoms with Gasteiger partial charge in [0.05, 0.1) is 6.26 Å². The Morgan fingerprint density at radius 1 is 1.50 bits per heavy atom. The summed E-state index contributed by atoms with van der Waals surface area (Å²) in [6.45, 7) is 2.27. The first-order chi connectivity index (χ1) is 8.63. The minimum Gasteiger partial charge on any atom is -0.480 e. The van der Waals surface area contributed by atoms with Crippen LogP contribution in [0.2, 0.25) is 0 Å². The quantitative estimate of drug-likeness (QED) is 0.685. The maximum atomic E-state index is 11.4. The van der Waals surface area contributed by atoms with Gasteiger partial charge < -0.3 is 20.2 Å². The van der Waals surface area contributed by atoms with Crippen LogP contribution in [0.1, 0.15) is 25.5 Å². The Hall–Kier alpha value is -1.98. The smallest absolute Gasteiger partial charge is 0.326 e. The number of nitrogens with one attached hydrogen (secondary N) is 2. The highest BCUT2D eigenvalue weighted by Gasteiger charge is 2.18. The third-order valence-corrected chi connectivity index (χ3v) is 2.42. The number of furan rings is 1. The third-order valence-electron chi connectivity index (χ3n) is 2.42. The van der Waals surface area contributed by atoms with Crippen LogP contribution >= 0.6 is 0 Å². The number of hydrogen-bond donors (Lipinski definition) is 3. The summed E-state index contributed by atoms with van der Waals surface area (Å²) >= 11 is 0. The van der Waals surface area contributed by atoms with Crippen LogP contribution in [0, 0.1) is 0 Å². The molecule has 0 spiro atoms. The molecule has 0 aliphatic carbocycles. The molecule has 0 aliphatic rings. The molecule has 1 aromatic rings. The van der Waals surface area contributed by atoms with Crippen molar-refractivity contribution >= 4 is 12.0 Å². The molecule has 2 amide bonds. The molecule has 0 radical (unpaired) electrons. The van der Waals surface area contributed by atoms with Crippen molar-refractivity contribution in [2.24, 2.45) is 0 Å². The van der Waals surface area contributed by atoms with Crippen molar-refractivity contribution in [3.8, 4) is 0 Å². The molecule has 0 saturated heterocycles. The number of amides is 2. The monoisotopic (exact) mass is 254 g/mol. The number of rotatable bonds is 7. The summed E-state index contributed by atoms with van der Waals surface area (Å²) in [5.74, 6) is -0.239. The molecule has 0 aromatic carbocycles. The number of urea groups is 1. The van der Waals surface area contributed by atoms with E-state index in [0.717, 1.165) is 5.76 Å². The van der Waals surface area contributed by atoms with Crippen molar-refractivity contribution in [2.45, 2.75) is 32.2 Å². The average molecular weight is 254 g/mol. The van der Waals surface area contributed by atoms with Gasteiger partial charge in [-0.2, -0.15) is 0 Å². The van der Waals surface area contributed by atoms with Crippen LogP contribution in [0.5, 0.6) is 0 Å². The molecule has 6 nitrogen and oxygen atoms in total. The summed E-state index contributed by atoms with van der Waals surface area (Å²) in [6, 6.07) is 2.29. The van der Waals surface area contributed by atoms with Gasteiger partial charge in [-0.3, -0.25) is 0 Å². The lowest BCUT2D eigenvalue weighted by Crippen LogP contribution is -2.46. The van der Waals surface area contributed by atoms with E-state index in [9.17, 15) is 9.59 Å². The summed E-state index contributed by atoms with van der Waals surface area (Å²) in [5.41, 5.74) is 0. The van der Waals surface area contributed by atoms with Crippen molar-refractivity contribution in [3.05, 3.63) is 24.2 Å². The molecular formula is C12H18N2O4. The third kappa shape index (κ3) is 4.90. The molecule has 3 N–H and O–H groups in total. The second kappa shape index (κ2) is 7.37. The van der Waals surface area contributed by atoms with E-state index in [1.165, 1.54) is 0 Å². The van der Waals surface area contributed by atoms with E-state index in [-0.39, 0.29) is 0 Å². The zero-order chi connectivity index (χ0) is 13.4. The molecule has 0 saturated carbocycles. The minimum atomic E-state index is -1.02. The summed E-state index contributed by atoms with van der Waals surface area (Å²) in [6.07, 6.45) is 3.26. The Kier molecular flexibility index (Phi) is 5.76. The molecule has 1 unspecified atom stereocenters. The fourth-order valence-corrected chi connectivity index (χ4v) is 1.51. The van der Waals surface area contributed by atoms with Gasteiger partial charge >= 0.3 is 12.0 Å². The van der Waals surface area contributed by atoms with Gasteiger partial charge in [0.15, 0.2) is 0 Å². The summed E-state index contributed by atoms with van der Waals surface area (Å²) in [4.78, 5) is 22.3. The maximum Gasteiger partial charge on any atom is 0.326 e. The van der Waals surface area contributed by atoms with Crippen LogP contribution in [0.3, 0.4) is 0 Å². The fraction of sp³-hybridized carbons (Fsp3) is 0.500. The van der Waals surface area contributed by atoms with E-state index in [1.54, 1.807) is 12.3 Å². The predicted octanol–water partition coefficient (Wildman–Crippen LogP) is 1.37. The Balaban J connectivity index is 2.25. The van der Waals surface area contributed by atoms with Crippen LogP contribution in [0.4, 0.5) is 4.79 Å². The molecular weight excluding hydrogens is 236 g/mol. The van der Waals surface area contributed by atoms with Crippen molar-refractivity contribution in [1.29, 1.82) is 0 Å². The van der Waals surface area contributed by atoms with Crippen molar-refractivity contribution < 1.29 is 19.1 Å². The van der Waals surface area contributed by atoms with Crippen LogP contribution in [0.15, 0.2) is 22.8 Å². The molecule has 1 atom stereocenters. The second-order valence-corrected chi connectivity index (χ2v) is 3.91. The van der Waals surface area contributed by atoms with Crippen molar-refractivity contribution in [3.63, 3.8) is 0 Å². The number of carboxylic acid groups (broad SMARTS) is 1. The lowest BCUT2D eigenvalue weighted by molar-refractivity contribution is -0.139. The molecule has 6 heteroatoms. The largest absolute Gasteiger partial charge is 0.480 e. The molecule has 0 fully saturated rings. The zero-order valence-corrected chi connectivity index (χ0v) is 10.3. The Morgan fingerprint density at radius 2 is 2.28 bits per heavy atom. The van der Waals surface area contributed by atoms with Crippen LogP contribution in [-0.2, 0) is 11.2 Å². The molecule has 0 aliphatic heterocycles. The van der Waals surface area contributed by atoms with Gasteiger partial charge in [0, 0.05) is 13.0 Å². The van der Waals surface area contributed by atoms with E-state index in [1.807, 2.05) is 13.0 Å². The summed E-state index contributed by atoms with van der Waals surface area (Å²) in [5, 5.41) is 13.9. The van der Waals surface area contributed by atoms with Crippen LogP contribution in [-0.4, -0.2) is 29.7 Å². The van der Waals surface area contributed by atoms with E-state index in [4.69, 9.17) is 9.52 Å². The number of carboxylic acids is 1. The molecule has 1 rings (SSSR count). The van der Waals surface area contributed by atoms with E-state index >= 15 is 0 Å². The molecule has 18 heavy (non-hydrogen) atoms. The van der Waals surface area contributed by atoms with Crippen molar-refractivity contribution in [1.82, 2.24) is 10.6 Å². The normalized spacial score (nSPS) is 11.8. The topological polar surface area (TPSA) is 91.6 Å². The Labute approximate surface area is 105 Å². The highest BCUT2D eigenvalue weighted by molar-refractivity contribution is 5.82. The van der Waals surface area contributed by atoms with Gasteiger partial charge in [-0.05, 0) is 18.6 Å². The number of hydrogen-bond acceptors (Lipinski definition) is 3. The standard InChI is InChI=1S/C12H18N2O4/c1-2-4-10(11(15)16)14-12(17)13-7-6-9-5-3-8-18-9/h3,5,8,10H,2,4,6-7H2,1H3,(H,15,16)(H2,13,14,17). The van der Waals surface area contributed by atoms with Gasteiger partial charge in [0.2, 0.25) is 0 Å². The zero-order valence-electron chi connectivity index (χ0n) is 10.3. The lowest BCUT2D eigenvalue weighted by atomic mass is 10.2. The molecule has 100 valence electrons. The minimum absolute atomic E-state index is 0.401. The van der Waals surface area contributed by atoms with E-state index < -0.39 is 18.0 Å². The second-order valence-electron chi connectivity index (χ2n) is 3.91. The molecule has 1 aromatic heterocycles. The number of carbonyl (C=O) groups is 2. The molecule has 1 heterocycles. The maximum absolute atomic E-state index is 11.4.